The molecule has 3 rings (SSSR count). The Morgan fingerprint density at radius 1 is 1.23 bits per heavy atom. The highest BCUT2D eigenvalue weighted by atomic mass is 16.1. The minimum absolute atomic E-state index is 0.142. The van der Waals surface area contributed by atoms with E-state index in [9.17, 15) is 4.79 Å². The fraction of sp³-hybridized carbons (Fsp3) is 0.444. The van der Waals surface area contributed by atoms with E-state index in [0.717, 1.165) is 31.4 Å². The molecule has 0 aliphatic heterocycles. The van der Waals surface area contributed by atoms with Crippen LogP contribution in [0.3, 0.4) is 0 Å². The average Bonchev–Trinajstić information content (AvgIpc) is 2.98. The van der Waals surface area contributed by atoms with Gasteiger partial charge in [-0.2, -0.15) is 5.10 Å². The number of aryl methyl sites for hydroxylation is 3. The molecule has 0 saturated carbocycles. The van der Waals surface area contributed by atoms with E-state index < -0.39 is 0 Å². The van der Waals surface area contributed by atoms with Crippen molar-refractivity contribution in [1.82, 2.24) is 15.5 Å². The zero-order valence-electron chi connectivity index (χ0n) is 12.8. The molecule has 4 nitrogen and oxygen atoms in total. The van der Waals surface area contributed by atoms with Crippen molar-refractivity contribution in [3.63, 3.8) is 0 Å². The molecule has 1 aliphatic carbocycles. The maximum atomic E-state index is 11.9. The minimum Gasteiger partial charge on any atom is -0.356 e. The summed E-state index contributed by atoms with van der Waals surface area (Å²) in [6.45, 7) is 0.804. The van der Waals surface area contributed by atoms with Gasteiger partial charge in [-0.25, -0.2) is 0 Å². The van der Waals surface area contributed by atoms with Gasteiger partial charge in [-0.15, -0.1) is 0 Å². The normalized spacial score (nSPS) is 15.1. The fourth-order valence-corrected chi connectivity index (χ4v) is 3.13. The summed E-state index contributed by atoms with van der Waals surface area (Å²) in [7, 11) is 0. The lowest BCUT2D eigenvalue weighted by Crippen LogP contribution is -2.29. The van der Waals surface area contributed by atoms with E-state index in [2.05, 4.69) is 39.8 Å². The molecular weight excluding hydrogens is 274 g/mol. The zero-order valence-corrected chi connectivity index (χ0v) is 12.8. The van der Waals surface area contributed by atoms with Crippen LogP contribution in [0.5, 0.6) is 0 Å². The van der Waals surface area contributed by atoms with Crippen molar-refractivity contribution < 1.29 is 4.79 Å². The summed E-state index contributed by atoms with van der Waals surface area (Å²) < 4.78 is 0. The summed E-state index contributed by atoms with van der Waals surface area (Å²) in [5, 5.41) is 9.76. The molecule has 0 saturated heterocycles. The first-order valence-corrected chi connectivity index (χ1v) is 8.12. The van der Waals surface area contributed by atoms with Crippen LogP contribution in [0.25, 0.3) is 0 Å². The monoisotopic (exact) mass is 297 g/mol. The zero-order chi connectivity index (χ0) is 15.2. The molecule has 0 unspecified atom stereocenters. The van der Waals surface area contributed by atoms with Crippen molar-refractivity contribution in [3.05, 3.63) is 53.3 Å². The standard InChI is InChI=1S/C18H23N3O/c22-18(10-7-15-12-20-21-13-15)19-11-14-5-8-16-3-1-2-4-17(16)9-6-14/h1-4,12-14H,5-11H2,(H,19,22)(H,20,21). The summed E-state index contributed by atoms with van der Waals surface area (Å²) in [6, 6.07) is 8.72. The first-order chi connectivity index (χ1) is 10.8. The van der Waals surface area contributed by atoms with Crippen LogP contribution >= 0.6 is 0 Å². The van der Waals surface area contributed by atoms with Crippen molar-refractivity contribution in [3.8, 4) is 0 Å². The molecule has 0 radical (unpaired) electrons. The lowest BCUT2D eigenvalue weighted by molar-refractivity contribution is -0.121. The van der Waals surface area contributed by atoms with Gasteiger partial charge in [0, 0.05) is 19.2 Å². The summed E-state index contributed by atoms with van der Waals surface area (Å²) in [5.41, 5.74) is 4.05. The van der Waals surface area contributed by atoms with Crippen LogP contribution in [0.4, 0.5) is 0 Å². The number of rotatable bonds is 5. The third-order valence-corrected chi connectivity index (χ3v) is 4.55. The number of carbonyl (C=O) groups excluding carboxylic acids is 1. The van der Waals surface area contributed by atoms with Crippen molar-refractivity contribution in [2.75, 3.05) is 6.54 Å². The molecule has 1 aliphatic rings. The van der Waals surface area contributed by atoms with E-state index in [4.69, 9.17) is 0 Å². The smallest absolute Gasteiger partial charge is 0.220 e. The van der Waals surface area contributed by atoms with Gasteiger partial charge in [0.1, 0.15) is 0 Å². The Morgan fingerprint density at radius 3 is 2.59 bits per heavy atom. The quantitative estimate of drug-likeness (QED) is 0.834. The summed E-state index contributed by atoms with van der Waals surface area (Å²) in [4.78, 5) is 11.9. The van der Waals surface area contributed by atoms with Crippen LogP contribution in [0.15, 0.2) is 36.7 Å². The average molecular weight is 297 g/mol. The maximum absolute atomic E-state index is 11.9. The summed E-state index contributed by atoms with van der Waals surface area (Å²) in [5.74, 6) is 0.730. The molecule has 4 heteroatoms. The highest BCUT2D eigenvalue weighted by molar-refractivity contribution is 5.76. The molecule has 0 atom stereocenters. The summed E-state index contributed by atoms with van der Waals surface area (Å²) in [6.07, 6.45) is 9.49. The Morgan fingerprint density at radius 2 is 1.95 bits per heavy atom. The number of amides is 1. The first kappa shape index (κ1) is 14.8. The van der Waals surface area contributed by atoms with Crippen molar-refractivity contribution in [2.45, 2.75) is 38.5 Å². The maximum Gasteiger partial charge on any atom is 0.220 e. The second-order valence-electron chi connectivity index (χ2n) is 6.12. The molecule has 22 heavy (non-hydrogen) atoms. The van der Waals surface area contributed by atoms with E-state index in [1.807, 2.05) is 6.20 Å². The molecule has 1 amide bonds. The number of nitrogens with zero attached hydrogens (tertiary/aromatic N) is 1. The van der Waals surface area contributed by atoms with Gasteiger partial charge in [-0.1, -0.05) is 24.3 Å². The van der Waals surface area contributed by atoms with Gasteiger partial charge in [0.05, 0.1) is 6.20 Å². The van der Waals surface area contributed by atoms with E-state index >= 15 is 0 Å². The lowest BCUT2D eigenvalue weighted by atomic mass is 9.99. The number of hydrogen-bond acceptors (Lipinski definition) is 2. The molecule has 1 heterocycles. The Labute approximate surface area is 131 Å². The van der Waals surface area contributed by atoms with Gasteiger partial charge in [0.25, 0.3) is 0 Å². The predicted molar refractivity (Wildman–Crippen MR) is 86.5 cm³/mol. The number of aromatic amines is 1. The van der Waals surface area contributed by atoms with Gasteiger partial charge in [-0.3, -0.25) is 9.89 Å². The topological polar surface area (TPSA) is 57.8 Å². The van der Waals surface area contributed by atoms with Crippen LogP contribution in [-0.4, -0.2) is 22.6 Å². The number of hydrogen-bond donors (Lipinski definition) is 2. The summed E-state index contributed by atoms with van der Waals surface area (Å²) >= 11 is 0. The molecular formula is C18H23N3O. The largest absolute Gasteiger partial charge is 0.356 e. The van der Waals surface area contributed by atoms with Gasteiger partial charge >= 0.3 is 0 Å². The molecule has 2 N–H and O–H groups in total. The molecule has 0 spiro atoms. The van der Waals surface area contributed by atoms with Crippen LogP contribution in [-0.2, 0) is 24.1 Å². The van der Waals surface area contributed by atoms with Crippen LogP contribution in [0, 0.1) is 5.92 Å². The van der Waals surface area contributed by atoms with Crippen LogP contribution in [0.1, 0.15) is 36.0 Å². The first-order valence-electron chi connectivity index (χ1n) is 8.12. The van der Waals surface area contributed by atoms with Crippen LogP contribution < -0.4 is 5.32 Å². The van der Waals surface area contributed by atoms with Crippen molar-refractivity contribution >= 4 is 5.91 Å². The third-order valence-electron chi connectivity index (χ3n) is 4.55. The molecule has 116 valence electrons. The Kier molecular flexibility index (Phi) is 4.88. The van der Waals surface area contributed by atoms with Gasteiger partial charge in [-0.05, 0) is 54.7 Å². The van der Waals surface area contributed by atoms with Crippen LogP contribution in [0.2, 0.25) is 0 Å². The van der Waals surface area contributed by atoms with E-state index in [-0.39, 0.29) is 5.91 Å². The van der Waals surface area contributed by atoms with E-state index in [0.29, 0.717) is 12.3 Å². The second-order valence-corrected chi connectivity index (χ2v) is 6.12. The number of fused-ring (bicyclic) bond motifs is 1. The number of benzene rings is 1. The molecule has 0 bridgehead atoms. The van der Waals surface area contributed by atoms with Gasteiger partial charge in [0.15, 0.2) is 0 Å². The predicted octanol–water partition coefficient (Wildman–Crippen LogP) is 2.65. The van der Waals surface area contributed by atoms with Gasteiger partial charge in [0.2, 0.25) is 5.91 Å². The number of H-pyrrole nitrogens is 1. The molecule has 1 aromatic carbocycles. The van der Waals surface area contributed by atoms with E-state index in [1.165, 1.54) is 24.0 Å². The third kappa shape index (κ3) is 3.97. The Bertz CT molecular complexity index is 580. The minimum atomic E-state index is 0.142. The second kappa shape index (κ2) is 7.25. The highest BCUT2D eigenvalue weighted by Crippen LogP contribution is 2.24. The number of nitrogens with one attached hydrogen (secondary N) is 2. The van der Waals surface area contributed by atoms with Gasteiger partial charge < -0.3 is 5.32 Å². The number of aromatic nitrogens is 2. The highest BCUT2D eigenvalue weighted by Gasteiger charge is 2.16. The SMILES string of the molecule is O=C(CCc1cn[nH]c1)NCC1CCc2ccccc2CC1. The van der Waals surface area contributed by atoms with Crippen molar-refractivity contribution in [2.24, 2.45) is 5.92 Å². The van der Waals surface area contributed by atoms with Crippen molar-refractivity contribution in [1.29, 1.82) is 0 Å². The Balaban J connectivity index is 1.41. The Hall–Kier alpha value is -2.10. The number of carbonyl (C=O) groups is 1. The molecule has 1 aromatic heterocycles. The lowest BCUT2D eigenvalue weighted by Gasteiger charge is -2.14. The molecule has 0 fully saturated rings. The fourth-order valence-electron chi connectivity index (χ4n) is 3.13. The van der Waals surface area contributed by atoms with E-state index in [1.54, 1.807) is 6.20 Å². The molecule has 2 aromatic rings.